The summed E-state index contributed by atoms with van der Waals surface area (Å²) in [6, 6.07) is 1.40. The molecule has 0 atom stereocenters. The van der Waals surface area contributed by atoms with E-state index in [0.717, 1.165) is 0 Å². The first-order valence-corrected chi connectivity index (χ1v) is 4.42. The van der Waals surface area contributed by atoms with Gasteiger partial charge in [0.1, 0.15) is 6.07 Å². The highest BCUT2D eigenvalue weighted by Crippen LogP contribution is 2.33. The predicted octanol–water partition coefficient (Wildman–Crippen LogP) is 2.29. The summed E-state index contributed by atoms with van der Waals surface area (Å²) in [6.45, 7) is 2.57. The Morgan fingerprint density at radius 3 is 2.24 bits per heavy atom. The van der Waals surface area contributed by atoms with Crippen LogP contribution in [0.25, 0.3) is 0 Å². The molecule has 0 aliphatic heterocycles. The second-order valence-electron chi connectivity index (χ2n) is 3.35. The molecule has 0 aliphatic carbocycles. The zero-order chi connectivity index (χ0) is 13.4. The third-order valence-corrected chi connectivity index (χ3v) is 2.34. The number of halogens is 3. The van der Waals surface area contributed by atoms with E-state index in [1.807, 2.05) is 0 Å². The number of carbonyl (C=O) groups is 1. The number of carboxylic acid groups (broad SMARTS) is 1. The van der Waals surface area contributed by atoms with Gasteiger partial charge in [0.05, 0.1) is 5.56 Å². The summed E-state index contributed by atoms with van der Waals surface area (Å²) in [5, 5.41) is 17.4. The van der Waals surface area contributed by atoms with E-state index in [1.54, 1.807) is 0 Å². The van der Waals surface area contributed by atoms with Crippen LogP contribution in [0.4, 0.5) is 13.2 Å². The summed E-state index contributed by atoms with van der Waals surface area (Å²) in [4.78, 5) is 13.8. The van der Waals surface area contributed by atoms with Crippen LogP contribution in [0.15, 0.2) is 0 Å². The van der Waals surface area contributed by atoms with Gasteiger partial charge in [0.2, 0.25) is 0 Å². The van der Waals surface area contributed by atoms with Gasteiger partial charge in [-0.2, -0.15) is 18.4 Å². The molecule has 0 unspecified atom stereocenters. The van der Waals surface area contributed by atoms with E-state index in [2.05, 4.69) is 4.98 Å². The second-order valence-corrected chi connectivity index (χ2v) is 3.35. The Morgan fingerprint density at radius 2 is 1.88 bits per heavy atom. The Hall–Kier alpha value is -2.10. The number of aromatic carboxylic acids is 1. The molecule has 1 aromatic heterocycles. The van der Waals surface area contributed by atoms with Crippen molar-refractivity contribution in [2.75, 3.05) is 0 Å². The molecule has 0 saturated heterocycles. The van der Waals surface area contributed by atoms with Crippen LogP contribution in [-0.2, 0) is 6.18 Å². The highest BCUT2D eigenvalue weighted by molar-refractivity contribution is 5.87. The summed E-state index contributed by atoms with van der Waals surface area (Å²) < 4.78 is 37.8. The number of aromatic nitrogens is 1. The molecule has 1 heterocycles. The Morgan fingerprint density at radius 1 is 1.35 bits per heavy atom. The number of carboxylic acids is 1. The molecular formula is C10H7F3N2O2. The summed E-state index contributed by atoms with van der Waals surface area (Å²) in [6.07, 6.45) is -4.85. The summed E-state index contributed by atoms with van der Waals surface area (Å²) in [5.41, 5.74) is -2.75. The molecule has 4 nitrogen and oxygen atoms in total. The summed E-state index contributed by atoms with van der Waals surface area (Å²) in [5.74, 6) is -1.56. The number of nitriles is 1. The molecule has 1 aromatic rings. The molecule has 90 valence electrons. The van der Waals surface area contributed by atoms with Gasteiger partial charge in [0, 0.05) is 0 Å². The lowest BCUT2D eigenvalue weighted by atomic mass is 10.0. The van der Waals surface area contributed by atoms with E-state index >= 15 is 0 Å². The Kier molecular flexibility index (Phi) is 3.09. The number of nitrogens with zero attached hydrogens (tertiary/aromatic N) is 2. The van der Waals surface area contributed by atoms with E-state index in [4.69, 9.17) is 10.4 Å². The SMILES string of the molecule is Cc1c(C(=O)O)nc(C(F)(F)F)c(C#N)c1C. The maximum Gasteiger partial charge on any atom is 0.434 e. The van der Waals surface area contributed by atoms with Crippen molar-refractivity contribution >= 4 is 5.97 Å². The highest BCUT2D eigenvalue weighted by atomic mass is 19.4. The number of pyridine rings is 1. The van der Waals surface area contributed by atoms with Crippen LogP contribution in [0, 0.1) is 25.2 Å². The number of hydrogen-bond acceptors (Lipinski definition) is 3. The van der Waals surface area contributed by atoms with Crippen molar-refractivity contribution in [1.29, 1.82) is 5.26 Å². The fraction of sp³-hybridized carbons (Fsp3) is 0.300. The molecule has 0 bridgehead atoms. The van der Waals surface area contributed by atoms with Gasteiger partial charge in [-0.15, -0.1) is 0 Å². The van der Waals surface area contributed by atoms with Crippen LogP contribution in [0.1, 0.15) is 32.9 Å². The van der Waals surface area contributed by atoms with Crippen LogP contribution < -0.4 is 0 Å². The lowest BCUT2D eigenvalue weighted by molar-refractivity contribution is -0.141. The monoisotopic (exact) mass is 244 g/mol. The minimum absolute atomic E-state index is 0.0211. The molecule has 0 radical (unpaired) electrons. The molecule has 17 heavy (non-hydrogen) atoms. The standard InChI is InChI=1S/C10H7F3N2O2/c1-4-5(2)7(9(16)17)15-8(6(4)3-14)10(11,12)13/h1-2H3,(H,16,17). The van der Waals surface area contributed by atoms with Crippen molar-refractivity contribution in [2.45, 2.75) is 20.0 Å². The minimum atomic E-state index is -4.85. The molecular weight excluding hydrogens is 237 g/mol. The van der Waals surface area contributed by atoms with E-state index < -0.39 is 29.1 Å². The normalized spacial score (nSPS) is 11.1. The zero-order valence-electron chi connectivity index (χ0n) is 8.88. The first-order chi connectivity index (χ1) is 7.70. The largest absolute Gasteiger partial charge is 0.477 e. The maximum atomic E-state index is 12.6. The van der Waals surface area contributed by atoms with Gasteiger partial charge in [-0.25, -0.2) is 9.78 Å². The average molecular weight is 244 g/mol. The Bertz CT molecular complexity index is 530. The maximum absolute atomic E-state index is 12.6. The van der Waals surface area contributed by atoms with Gasteiger partial charge < -0.3 is 5.11 Å². The fourth-order valence-corrected chi connectivity index (χ4v) is 1.34. The van der Waals surface area contributed by atoms with Crippen LogP contribution in [0.2, 0.25) is 0 Å². The molecule has 0 aliphatic rings. The molecule has 0 amide bonds. The van der Waals surface area contributed by atoms with Crippen molar-refractivity contribution in [3.8, 4) is 6.07 Å². The zero-order valence-corrected chi connectivity index (χ0v) is 8.88. The number of rotatable bonds is 1. The molecule has 1 rings (SSSR count). The average Bonchev–Trinajstić information content (AvgIpc) is 2.19. The second kappa shape index (κ2) is 4.05. The van der Waals surface area contributed by atoms with Crippen molar-refractivity contribution in [3.63, 3.8) is 0 Å². The van der Waals surface area contributed by atoms with Gasteiger partial charge in [0.25, 0.3) is 0 Å². The summed E-state index contributed by atoms with van der Waals surface area (Å²) in [7, 11) is 0. The van der Waals surface area contributed by atoms with Gasteiger partial charge in [0.15, 0.2) is 11.4 Å². The van der Waals surface area contributed by atoms with Crippen LogP contribution in [0.5, 0.6) is 0 Å². The molecule has 7 heteroatoms. The van der Waals surface area contributed by atoms with Crippen molar-refractivity contribution < 1.29 is 23.1 Å². The van der Waals surface area contributed by atoms with Gasteiger partial charge >= 0.3 is 12.1 Å². The van der Waals surface area contributed by atoms with E-state index in [9.17, 15) is 18.0 Å². The molecule has 0 spiro atoms. The summed E-state index contributed by atoms with van der Waals surface area (Å²) >= 11 is 0. The minimum Gasteiger partial charge on any atom is -0.477 e. The smallest absolute Gasteiger partial charge is 0.434 e. The topological polar surface area (TPSA) is 74.0 Å². The van der Waals surface area contributed by atoms with Gasteiger partial charge in [-0.3, -0.25) is 0 Å². The number of alkyl halides is 3. The van der Waals surface area contributed by atoms with E-state index in [0.29, 0.717) is 0 Å². The predicted molar refractivity (Wildman–Crippen MR) is 50.4 cm³/mol. The fourth-order valence-electron chi connectivity index (χ4n) is 1.34. The van der Waals surface area contributed by atoms with Gasteiger partial charge in [-0.05, 0) is 25.0 Å². The third kappa shape index (κ3) is 2.20. The van der Waals surface area contributed by atoms with Crippen molar-refractivity contribution in [2.24, 2.45) is 0 Å². The van der Waals surface area contributed by atoms with E-state index in [1.165, 1.54) is 19.9 Å². The quantitative estimate of drug-likeness (QED) is 0.822. The molecule has 0 saturated carbocycles. The third-order valence-electron chi connectivity index (χ3n) is 2.34. The molecule has 0 aromatic carbocycles. The number of hydrogen-bond donors (Lipinski definition) is 1. The lowest BCUT2D eigenvalue weighted by Crippen LogP contribution is -2.17. The van der Waals surface area contributed by atoms with Crippen LogP contribution in [0.3, 0.4) is 0 Å². The van der Waals surface area contributed by atoms with Crippen molar-refractivity contribution in [1.82, 2.24) is 4.98 Å². The Balaban J connectivity index is 3.73. The molecule has 0 fully saturated rings. The van der Waals surface area contributed by atoms with Crippen molar-refractivity contribution in [3.05, 3.63) is 28.1 Å². The Labute approximate surface area is 94.3 Å². The lowest BCUT2D eigenvalue weighted by Gasteiger charge is -2.13. The first-order valence-electron chi connectivity index (χ1n) is 4.42. The van der Waals surface area contributed by atoms with Crippen LogP contribution in [-0.4, -0.2) is 16.1 Å². The first kappa shape index (κ1) is 13.0. The van der Waals surface area contributed by atoms with Gasteiger partial charge in [-0.1, -0.05) is 0 Å². The van der Waals surface area contributed by atoms with E-state index in [-0.39, 0.29) is 11.1 Å². The van der Waals surface area contributed by atoms with Crippen LogP contribution >= 0.6 is 0 Å². The highest BCUT2D eigenvalue weighted by Gasteiger charge is 2.38. The molecule has 1 N–H and O–H groups in total.